The number of carbonyl (C=O) groups is 2. The van der Waals surface area contributed by atoms with Crippen LogP contribution in [0.2, 0.25) is 0 Å². The van der Waals surface area contributed by atoms with Gasteiger partial charge in [0.25, 0.3) is 5.78 Å². The molecule has 0 fully saturated rings. The van der Waals surface area contributed by atoms with Crippen LogP contribution in [0.4, 0.5) is 0 Å². The number of hydrogen-bond acceptors (Lipinski definition) is 3. The number of carboxylic acid groups (broad SMARTS) is 1. The molecule has 5 nitrogen and oxygen atoms in total. The van der Waals surface area contributed by atoms with Gasteiger partial charge in [0.05, 0.1) is 6.20 Å². The zero-order valence-corrected chi connectivity index (χ0v) is 10.0. The molecule has 0 aliphatic heterocycles. The van der Waals surface area contributed by atoms with E-state index in [9.17, 15) is 9.59 Å². The third-order valence-electron chi connectivity index (χ3n) is 2.80. The Morgan fingerprint density at radius 3 is 2.56 bits per heavy atom. The molecule has 0 unspecified atom stereocenters. The van der Waals surface area contributed by atoms with Crippen molar-refractivity contribution in [1.29, 1.82) is 0 Å². The number of aromatic nitrogens is 2. The van der Waals surface area contributed by atoms with E-state index in [-0.39, 0.29) is 5.69 Å². The molecule has 0 saturated heterocycles. The molecule has 1 heterocycles. The van der Waals surface area contributed by atoms with E-state index < -0.39 is 11.8 Å². The Morgan fingerprint density at radius 2 is 1.94 bits per heavy atom. The fraction of sp³-hybridized carbons (Fsp3) is 0.154. The molecule has 0 bridgehead atoms. The highest BCUT2D eigenvalue weighted by atomic mass is 16.4. The van der Waals surface area contributed by atoms with E-state index in [0.717, 1.165) is 16.7 Å². The molecule has 0 spiro atoms. The molecule has 0 saturated carbocycles. The lowest BCUT2D eigenvalue weighted by atomic mass is 10.1. The number of carboxylic acids is 1. The van der Waals surface area contributed by atoms with Crippen LogP contribution in [-0.4, -0.2) is 26.8 Å². The summed E-state index contributed by atoms with van der Waals surface area (Å²) in [6, 6.07) is 5.76. The fourth-order valence-corrected chi connectivity index (χ4v) is 1.59. The van der Waals surface area contributed by atoms with Crippen LogP contribution in [0.5, 0.6) is 0 Å². The molecule has 0 aliphatic rings. The van der Waals surface area contributed by atoms with Crippen molar-refractivity contribution in [1.82, 2.24) is 9.97 Å². The van der Waals surface area contributed by atoms with Crippen LogP contribution in [0.3, 0.4) is 0 Å². The van der Waals surface area contributed by atoms with Crippen molar-refractivity contribution in [2.45, 2.75) is 13.8 Å². The number of aliphatic carboxylic acids is 1. The summed E-state index contributed by atoms with van der Waals surface area (Å²) in [5, 5.41) is 8.60. The molecular weight excluding hydrogens is 232 g/mol. The number of ketones is 1. The lowest BCUT2D eigenvalue weighted by molar-refractivity contribution is -0.131. The third-order valence-corrected chi connectivity index (χ3v) is 2.80. The first-order chi connectivity index (χ1) is 8.49. The molecule has 1 aromatic carbocycles. The van der Waals surface area contributed by atoms with Gasteiger partial charge in [-0.2, -0.15) is 0 Å². The number of aryl methyl sites for hydroxylation is 2. The Hall–Kier alpha value is -2.43. The lowest BCUT2D eigenvalue weighted by Crippen LogP contribution is -2.12. The van der Waals surface area contributed by atoms with Crippen molar-refractivity contribution in [3.8, 4) is 11.4 Å². The molecule has 2 N–H and O–H groups in total. The first kappa shape index (κ1) is 12.0. The summed E-state index contributed by atoms with van der Waals surface area (Å²) < 4.78 is 0. The number of nitrogens with zero attached hydrogens (tertiary/aromatic N) is 1. The molecule has 2 rings (SSSR count). The monoisotopic (exact) mass is 244 g/mol. The Balaban J connectivity index is 2.38. The van der Waals surface area contributed by atoms with Gasteiger partial charge in [-0.15, -0.1) is 0 Å². The highest BCUT2D eigenvalue weighted by molar-refractivity contribution is 6.39. The number of H-pyrrole nitrogens is 1. The number of nitrogens with one attached hydrogen (secondary N) is 1. The molecule has 0 aliphatic carbocycles. The summed E-state index contributed by atoms with van der Waals surface area (Å²) in [5.74, 6) is -1.99. The topological polar surface area (TPSA) is 83.1 Å². The molecule has 0 radical (unpaired) electrons. The van der Waals surface area contributed by atoms with Crippen LogP contribution in [0.15, 0.2) is 24.4 Å². The van der Waals surface area contributed by atoms with E-state index in [4.69, 9.17) is 5.11 Å². The second-order valence-corrected chi connectivity index (χ2v) is 4.08. The van der Waals surface area contributed by atoms with Crippen LogP contribution in [-0.2, 0) is 4.79 Å². The quantitative estimate of drug-likeness (QED) is 0.638. The van der Waals surface area contributed by atoms with E-state index in [1.807, 2.05) is 32.0 Å². The van der Waals surface area contributed by atoms with Crippen molar-refractivity contribution in [3.63, 3.8) is 0 Å². The standard InChI is InChI=1S/C13H12N2O3/c1-7-3-4-9(5-8(7)2)12-14-6-10(15-12)11(16)13(17)18/h3-6H,1-2H3,(H,14,15)(H,17,18). The Labute approximate surface area is 103 Å². The largest absolute Gasteiger partial charge is 0.475 e. The minimum atomic E-state index is -1.50. The number of carbonyl (C=O) groups excluding carboxylic acids is 1. The molecule has 2 aromatic rings. The zero-order chi connectivity index (χ0) is 13.3. The Kier molecular flexibility index (Phi) is 2.97. The number of rotatable bonds is 3. The summed E-state index contributed by atoms with van der Waals surface area (Å²) in [6.45, 7) is 3.98. The third kappa shape index (κ3) is 2.15. The molecule has 0 atom stereocenters. The van der Waals surface area contributed by atoms with Gasteiger partial charge in [-0.1, -0.05) is 12.1 Å². The molecule has 5 heteroatoms. The number of benzene rings is 1. The highest BCUT2D eigenvalue weighted by Crippen LogP contribution is 2.19. The van der Waals surface area contributed by atoms with Crippen molar-refractivity contribution in [2.75, 3.05) is 0 Å². The normalized spacial score (nSPS) is 10.3. The second-order valence-electron chi connectivity index (χ2n) is 4.08. The molecular formula is C13H12N2O3. The van der Waals surface area contributed by atoms with Crippen LogP contribution >= 0.6 is 0 Å². The van der Waals surface area contributed by atoms with Crippen molar-refractivity contribution >= 4 is 11.8 Å². The summed E-state index contributed by atoms with van der Waals surface area (Å²) in [5.41, 5.74) is 3.07. The first-order valence-electron chi connectivity index (χ1n) is 5.39. The zero-order valence-electron chi connectivity index (χ0n) is 10.0. The van der Waals surface area contributed by atoms with E-state index in [0.29, 0.717) is 5.82 Å². The predicted octanol–water partition coefficient (Wildman–Crippen LogP) is 1.96. The predicted molar refractivity (Wildman–Crippen MR) is 65.5 cm³/mol. The summed E-state index contributed by atoms with van der Waals surface area (Å²) >= 11 is 0. The van der Waals surface area contributed by atoms with Crippen LogP contribution in [0.1, 0.15) is 21.6 Å². The van der Waals surface area contributed by atoms with Gasteiger partial charge in [-0.25, -0.2) is 9.78 Å². The van der Waals surface area contributed by atoms with Gasteiger partial charge < -0.3 is 10.1 Å². The van der Waals surface area contributed by atoms with Gasteiger partial charge in [0.1, 0.15) is 11.5 Å². The van der Waals surface area contributed by atoms with Gasteiger partial charge in [-0.05, 0) is 31.0 Å². The number of Topliss-reactive ketones (excluding diaryl/α,β-unsaturated/α-hetero) is 1. The molecule has 0 amide bonds. The van der Waals surface area contributed by atoms with Gasteiger partial charge >= 0.3 is 5.97 Å². The number of imidazole rings is 1. The number of hydrogen-bond donors (Lipinski definition) is 2. The minimum absolute atomic E-state index is 0.0178. The smallest absolute Gasteiger partial charge is 0.378 e. The molecule has 1 aromatic heterocycles. The fourth-order valence-electron chi connectivity index (χ4n) is 1.59. The summed E-state index contributed by atoms with van der Waals surface area (Å²) in [4.78, 5) is 28.5. The Morgan fingerprint density at radius 1 is 1.22 bits per heavy atom. The average molecular weight is 244 g/mol. The maximum atomic E-state index is 11.2. The summed E-state index contributed by atoms with van der Waals surface area (Å²) in [6.07, 6.45) is 1.24. The number of aromatic amines is 1. The van der Waals surface area contributed by atoms with Gasteiger partial charge in [0, 0.05) is 5.56 Å². The SMILES string of the molecule is Cc1ccc(-c2ncc(C(=O)C(=O)O)[nH]2)cc1C. The molecule has 18 heavy (non-hydrogen) atoms. The second kappa shape index (κ2) is 4.44. The van der Waals surface area contributed by atoms with Gasteiger partial charge in [0.15, 0.2) is 0 Å². The van der Waals surface area contributed by atoms with Crippen molar-refractivity contribution in [2.24, 2.45) is 0 Å². The highest BCUT2D eigenvalue weighted by Gasteiger charge is 2.17. The van der Waals surface area contributed by atoms with Crippen LogP contribution in [0, 0.1) is 13.8 Å². The van der Waals surface area contributed by atoms with Crippen LogP contribution in [0.25, 0.3) is 11.4 Å². The van der Waals surface area contributed by atoms with Gasteiger partial charge in [-0.3, -0.25) is 4.79 Å². The Bertz CT molecular complexity index is 629. The van der Waals surface area contributed by atoms with Crippen molar-refractivity contribution < 1.29 is 14.7 Å². The lowest BCUT2D eigenvalue weighted by Gasteiger charge is -2.02. The van der Waals surface area contributed by atoms with Crippen LogP contribution < -0.4 is 0 Å². The molecule has 92 valence electrons. The minimum Gasteiger partial charge on any atom is -0.475 e. The van der Waals surface area contributed by atoms with E-state index >= 15 is 0 Å². The maximum Gasteiger partial charge on any atom is 0.378 e. The van der Waals surface area contributed by atoms with E-state index in [2.05, 4.69) is 9.97 Å². The average Bonchev–Trinajstić information content (AvgIpc) is 2.81. The van der Waals surface area contributed by atoms with E-state index in [1.54, 1.807) is 0 Å². The van der Waals surface area contributed by atoms with Gasteiger partial charge in [0.2, 0.25) is 0 Å². The maximum absolute atomic E-state index is 11.2. The first-order valence-corrected chi connectivity index (χ1v) is 5.39. The summed E-state index contributed by atoms with van der Waals surface area (Å²) in [7, 11) is 0. The van der Waals surface area contributed by atoms with Crippen molar-refractivity contribution in [3.05, 3.63) is 41.2 Å². The van der Waals surface area contributed by atoms with E-state index in [1.165, 1.54) is 6.20 Å².